The minimum atomic E-state index is -0.329. The quantitative estimate of drug-likeness (QED) is 0.447. The van der Waals surface area contributed by atoms with Gasteiger partial charge in [-0.15, -0.1) is 11.8 Å². The Balaban J connectivity index is 1.57. The first-order valence-corrected chi connectivity index (χ1v) is 12.0. The maximum Gasteiger partial charge on any atom is 0.234 e. The van der Waals surface area contributed by atoms with E-state index in [4.69, 9.17) is 10.5 Å². The molecule has 0 aliphatic rings. The molecule has 8 nitrogen and oxygen atoms in total. The van der Waals surface area contributed by atoms with Crippen molar-refractivity contribution in [1.82, 2.24) is 4.37 Å². The normalized spacial score (nSPS) is 9.85. The fraction of sp³-hybridized carbons (Fsp3) is 0.0909. The van der Waals surface area contributed by atoms with Crippen molar-refractivity contribution in [3.8, 4) is 18.2 Å². The smallest absolute Gasteiger partial charge is 0.234 e. The number of nitriles is 3. The summed E-state index contributed by atoms with van der Waals surface area (Å²) in [5.74, 6) is -0.603. The molecule has 0 aliphatic carbocycles. The van der Waals surface area contributed by atoms with Gasteiger partial charge in [0, 0.05) is 0 Å². The molecule has 33 heavy (non-hydrogen) atoms. The third-order valence-corrected chi connectivity index (χ3v) is 7.24. The van der Waals surface area contributed by atoms with Crippen molar-refractivity contribution in [2.24, 2.45) is 0 Å². The molecule has 0 bridgehead atoms. The highest BCUT2D eigenvalue weighted by Gasteiger charge is 2.18. The van der Waals surface area contributed by atoms with Gasteiger partial charge in [-0.3, -0.25) is 9.59 Å². The standard InChI is InChI=1S/C22H14N6O2S3/c23-9-14-5-1-3-7-17(14)26-19(29)12-31-21-16(11-25)22(33-28-21)32-13-20(30)27-18-8-4-2-6-15(18)10-24/h1-8H,12-13H2,(H,26,29)(H,27,30). The average molecular weight is 491 g/mol. The third kappa shape index (κ3) is 6.34. The highest BCUT2D eigenvalue weighted by atomic mass is 32.2. The molecule has 0 saturated heterocycles. The van der Waals surface area contributed by atoms with Gasteiger partial charge >= 0.3 is 0 Å². The largest absolute Gasteiger partial charge is 0.324 e. The molecule has 0 atom stereocenters. The van der Waals surface area contributed by atoms with Gasteiger partial charge in [-0.25, -0.2) is 0 Å². The van der Waals surface area contributed by atoms with Crippen LogP contribution in [-0.2, 0) is 9.59 Å². The van der Waals surface area contributed by atoms with Crippen LogP contribution < -0.4 is 10.6 Å². The Bertz CT molecular complexity index is 1220. The Kier molecular flexibility index (Phi) is 8.45. The van der Waals surface area contributed by atoms with Crippen LogP contribution in [0.3, 0.4) is 0 Å². The Labute approximate surface area is 202 Å². The molecule has 1 heterocycles. The number of benzene rings is 2. The van der Waals surface area contributed by atoms with Gasteiger partial charge in [0.15, 0.2) is 0 Å². The van der Waals surface area contributed by atoms with Crippen LogP contribution >= 0.6 is 35.1 Å². The maximum absolute atomic E-state index is 12.3. The zero-order valence-corrected chi connectivity index (χ0v) is 19.3. The molecule has 0 fully saturated rings. The molecule has 0 radical (unpaired) electrons. The second-order valence-electron chi connectivity index (χ2n) is 6.25. The topological polar surface area (TPSA) is 142 Å². The van der Waals surface area contributed by atoms with Crippen LogP contribution in [-0.4, -0.2) is 27.7 Å². The van der Waals surface area contributed by atoms with Gasteiger partial charge in [-0.05, 0) is 35.8 Å². The van der Waals surface area contributed by atoms with Gasteiger partial charge in [-0.2, -0.15) is 20.2 Å². The molecule has 0 spiro atoms. The van der Waals surface area contributed by atoms with E-state index in [1.165, 1.54) is 0 Å². The maximum atomic E-state index is 12.3. The molecule has 2 N–H and O–H groups in total. The zero-order valence-electron chi connectivity index (χ0n) is 16.9. The summed E-state index contributed by atoms with van der Waals surface area (Å²) in [6, 6.07) is 19.5. The first-order chi connectivity index (χ1) is 16.0. The summed E-state index contributed by atoms with van der Waals surface area (Å²) >= 11 is 3.35. The highest BCUT2D eigenvalue weighted by Crippen LogP contribution is 2.34. The summed E-state index contributed by atoms with van der Waals surface area (Å²) in [7, 11) is 0. The second-order valence-corrected chi connectivity index (χ2v) is 9.23. The second kappa shape index (κ2) is 11.7. The number of carbonyl (C=O) groups is 2. The fourth-order valence-corrected chi connectivity index (χ4v) is 5.26. The van der Waals surface area contributed by atoms with E-state index in [9.17, 15) is 14.9 Å². The Morgan fingerprint density at radius 2 is 1.33 bits per heavy atom. The van der Waals surface area contributed by atoms with Crippen LogP contribution in [0.1, 0.15) is 16.7 Å². The molecule has 0 saturated carbocycles. The van der Waals surface area contributed by atoms with E-state index in [1.807, 2.05) is 12.1 Å². The first-order valence-electron chi connectivity index (χ1n) is 9.29. The monoisotopic (exact) mass is 490 g/mol. The summed E-state index contributed by atoms with van der Waals surface area (Å²) in [5.41, 5.74) is 1.88. The van der Waals surface area contributed by atoms with Crippen LogP contribution in [0.4, 0.5) is 11.4 Å². The number of hydrogen-bond acceptors (Lipinski definition) is 9. The number of anilines is 2. The number of amides is 2. The molecule has 3 rings (SSSR count). The van der Waals surface area contributed by atoms with Gasteiger partial charge in [0.25, 0.3) is 0 Å². The van der Waals surface area contributed by atoms with E-state index in [0.29, 0.717) is 37.3 Å². The first kappa shape index (κ1) is 23.8. The van der Waals surface area contributed by atoms with Crippen molar-refractivity contribution in [3.63, 3.8) is 0 Å². The van der Waals surface area contributed by atoms with Crippen molar-refractivity contribution in [2.45, 2.75) is 9.24 Å². The molecule has 2 amide bonds. The van der Waals surface area contributed by atoms with E-state index >= 15 is 0 Å². The molecule has 2 aromatic carbocycles. The van der Waals surface area contributed by atoms with Crippen LogP contribution in [0, 0.1) is 34.0 Å². The van der Waals surface area contributed by atoms with E-state index in [1.54, 1.807) is 48.5 Å². The molecule has 0 unspecified atom stereocenters. The molecule has 162 valence electrons. The van der Waals surface area contributed by atoms with Crippen LogP contribution in [0.2, 0.25) is 0 Å². The average Bonchev–Trinajstić information content (AvgIpc) is 3.24. The number of para-hydroxylation sites is 2. The lowest BCUT2D eigenvalue weighted by Gasteiger charge is -2.06. The summed E-state index contributed by atoms with van der Waals surface area (Å²) < 4.78 is 4.81. The molecular weight excluding hydrogens is 476 g/mol. The van der Waals surface area contributed by atoms with E-state index < -0.39 is 0 Å². The minimum Gasteiger partial charge on any atom is -0.324 e. The molecular formula is C22H14N6O2S3. The van der Waals surface area contributed by atoms with Crippen molar-refractivity contribution in [2.75, 3.05) is 22.1 Å². The molecule has 0 aliphatic heterocycles. The van der Waals surface area contributed by atoms with Crippen LogP contribution in [0.15, 0.2) is 57.8 Å². The summed E-state index contributed by atoms with van der Waals surface area (Å²) in [6.45, 7) is 0. The Hall–Kier alpha value is -3.82. The number of aromatic nitrogens is 1. The number of carbonyl (C=O) groups excluding carboxylic acids is 2. The lowest BCUT2D eigenvalue weighted by atomic mass is 10.2. The SMILES string of the molecule is N#Cc1ccccc1NC(=O)CSc1nsc(SCC(=O)Nc2ccccc2C#N)c1C#N. The lowest BCUT2D eigenvalue weighted by Crippen LogP contribution is -2.15. The third-order valence-electron chi connectivity index (χ3n) is 4.06. The van der Waals surface area contributed by atoms with Crippen molar-refractivity contribution in [1.29, 1.82) is 15.8 Å². The fourth-order valence-electron chi connectivity index (χ4n) is 2.57. The predicted octanol–water partition coefficient (Wildman–Crippen LogP) is 4.22. The van der Waals surface area contributed by atoms with Crippen molar-refractivity contribution >= 4 is 58.2 Å². The van der Waals surface area contributed by atoms with E-state index in [2.05, 4.69) is 21.1 Å². The van der Waals surface area contributed by atoms with Gasteiger partial charge in [-0.1, -0.05) is 36.0 Å². The summed E-state index contributed by atoms with van der Waals surface area (Å²) in [5, 5.41) is 33.5. The number of rotatable bonds is 8. The molecule has 3 aromatic rings. The Morgan fingerprint density at radius 3 is 1.85 bits per heavy atom. The summed E-state index contributed by atoms with van der Waals surface area (Å²) in [4.78, 5) is 24.6. The molecule has 1 aromatic heterocycles. The van der Waals surface area contributed by atoms with Gasteiger partial charge in [0.1, 0.15) is 33.0 Å². The van der Waals surface area contributed by atoms with Crippen LogP contribution in [0.25, 0.3) is 0 Å². The Morgan fingerprint density at radius 1 is 0.818 bits per heavy atom. The molecule has 11 heteroatoms. The number of nitrogens with one attached hydrogen (secondary N) is 2. The number of hydrogen-bond donors (Lipinski definition) is 2. The van der Waals surface area contributed by atoms with Gasteiger partial charge in [0.05, 0.1) is 34.0 Å². The lowest BCUT2D eigenvalue weighted by molar-refractivity contribution is -0.114. The van der Waals surface area contributed by atoms with Gasteiger partial charge in [0.2, 0.25) is 11.8 Å². The number of nitrogens with zero attached hydrogens (tertiary/aromatic N) is 4. The predicted molar refractivity (Wildman–Crippen MR) is 128 cm³/mol. The van der Waals surface area contributed by atoms with E-state index in [-0.39, 0.29) is 23.3 Å². The van der Waals surface area contributed by atoms with Crippen LogP contribution in [0.5, 0.6) is 0 Å². The van der Waals surface area contributed by atoms with Gasteiger partial charge < -0.3 is 10.6 Å². The van der Waals surface area contributed by atoms with E-state index in [0.717, 1.165) is 35.1 Å². The zero-order chi connectivity index (χ0) is 23.6. The summed E-state index contributed by atoms with van der Waals surface area (Å²) in [6.07, 6.45) is 0. The minimum absolute atomic E-state index is 0.00765. The van der Waals surface area contributed by atoms with Crippen molar-refractivity contribution in [3.05, 3.63) is 65.2 Å². The number of thioether (sulfide) groups is 2. The highest BCUT2D eigenvalue weighted by molar-refractivity contribution is 8.02. The van der Waals surface area contributed by atoms with Crippen molar-refractivity contribution < 1.29 is 9.59 Å².